The van der Waals surface area contributed by atoms with Gasteiger partial charge >= 0.3 is 0 Å². The number of aromatic nitrogens is 2. The molecular weight excluding hydrogens is 302 g/mol. The largest absolute Gasteiger partial charge is 0.375 e. The number of carbonyl (C=O) groups excluding carboxylic acids is 1. The van der Waals surface area contributed by atoms with Gasteiger partial charge in [0.05, 0.1) is 18.8 Å². The number of carbonyl (C=O) groups is 1. The predicted molar refractivity (Wildman–Crippen MR) is 82.5 cm³/mol. The van der Waals surface area contributed by atoms with Crippen molar-refractivity contribution in [1.29, 1.82) is 0 Å². The van der Waals surface area contributed by atoms with E-state index in [0.717, 1.165) is 5.56 Å². The minimum absolute atomic E-state index is 0.0914. The van der Waals surface area contributed by atoms with Crippen molar-refractivity contribution >= 4 is 17.2 Å². The highest BCUT2D eigenvalue weighted by atomic mass is 32.1. The third-order valence-corrected chi connectivity index (χ3v) is 4.41. The molecule has 118 valence electrons. The Hall–Kier alpha value is -1.73. The Morgan fingerprint density at radius 2 is 2.36 bits per heavy atom. The van der Waals surface area contributed by atoms with Gasteiger partial charge in [0.2, 0.25) is 17.6 Å². The highest BCUT2D eigenvalue weighted by molar-refractivity contribution is 7.08. The van der Waals surface area contributed by atoms with Gasteiger partial charge in [-0.3, -0.25) is 4.79 Å². The van der Waals surface area contributed by atoms with Crippen molar-refractivity contribution in [2.24, 2.45) is 0 Å². The molecule has 1 amide bonds. The van der Waals surface area contributed by atoms with Crippen LogP contribution in [0, 0.1) is 0 Å². The van der Waals surface area contributed by atoms with E-state index in [1.165, 1.54) is 0 Å². The van der Waals surface area contributed by atoms with Crippen LogP contribution in [-0.2, 0) is 16.0 Å². The zero-order chi connectivity index (χ0) is 15.5. The zero-order valence-electron chi connectivity index (χ0n) is 12.7. The summed E-state index contributed by atoms with van der Waals surface area (Å²) in [4.78, 5) is 18.6. The standard InChI is InChI=1S/C15H19N3O3S/c1-10-8-20-11(2)7-18(10)14(19)4-3-13-16-15(17-21-13)12-5-6-22-9-12/h5-6,9-11H,3-4,7-8H2,1-2H3/t10-,11-/m0/s1. The summed E-state index contributed by atoms with van der Waals surface area (Å²) >= 11 is 1.59. The van der Waals surface area contributed by atoms with Crippen LogP contribution in [0.2, 0.25) is 0 Å². The first-order valence-corrected chi connectivity index (χ1v) is 8.34. The maximum absolute atomic E-state index is 12.3. The quantitative estimate of drug-likeness (QED) is 0.865. The highest BCUT2D eigenvalue weighted by Crippen LogP contribution is 2.19. The summed E-state index contributed by atoms with van der Waals surface area (Å²) in [5.74, 6) is 1.19. The first-order chi connectivity index (χ1) is 10.6. The average Bonchev–Trinajstić information content (AvgIpc) is 3.17. The van der Waals surface area contributed by atoms with Gasteiger partial charge in [0.15, 0.2) is 0 Å². The lowest BCUT2D eigenvalue weighted by Crippen LogP contribution is -2.50. The summed E-state index contributed by atoms with van der Waals surface area (Å²) < 4.78 is 10.8. The molecule has 1 saturated heterocycles. The summed E-state index contributed by atoms with van der Waals surface area (Å²) in [7, 11) is 0. The Kier molecular flexibility index (Phi) is 4.54. The topological polar surface area (TPSA) is 68.5 Å². The lowest BCUT2D eigenvalue weighted by Gasteiger charge is -2.36. The normalized spacial score (nSPS) is 22.0. The van der Waals surface area contributed by atoms with Crippen molar-refractivity contribution in [3.63, 3.8) is 0 Å². The van der Waals surface area contributed by atoms with E-state index in [9.17, 15) is 4.79 Å². The number of ether oxygens (including phenoxy) is 1. The van der Waals surface area contributed by atoms with Crippen LogP contribution in [0.5, 0.6) is 0 Å². The summed E-state index contributed by atoms with van der Waals surface area (Å²) in [5, 5.41) is 7.89. The number of nitrogens with zero attached hydrogens (tertiary/aromatic N) is 3. The third kappa shape index (κ3) is 3.36. The molecule has 0 spiro atoms. The molecule has 3 rings (SSSR count). The predicted octanol–water partition coefficient (Wildman–Crippen LogP) is 2.37. The Morgan fingerprint density at radius 3 is 3.14 bits per heavy atom. The molecule has 6 nitrogen and oxygen atoms in total. The van der Waals surface area contributed by atoms with Crippen LogP contribution in [0.25, 0.3) is 11.4 Å². The van der Waals surface area contributed by atoms with Crippen LogP contribution >= 0.6 is 11.3 Å². The summed E-state index contributed by atoms with van der Waals surface area (Å²) in [6.45, 7) is 5.22. The van der Waals surface area contributed by atoms with E-state index in [-0.39, 0.29) is 18.1 Å². The molecule has 0 aromatic carbocycles. The fourth-order valence-corrected chi connectivity index (χ4v) is 3.11. The molecule has 1 aliphatic heterocycles. The van der Waals surface area contributed by atoms with Gasteiger partial charge in [0.25, 0.3) is 0 Å². The molecule has 7 heteroatoms. The van der Waals surface area contributed by atoms with E-state index in [1.54, 1.807) is 11.3 Å². The van der Waals surface area contributed by atoms with E-state index in [0.29, 0.717) is 37.7 Å². The van der Waals surface area contributed by atoms with Crippen molar-refractivity contribution in [1.82, 2.24) is 15.0 Å². The fraction of sp³-hybridized carbons (Fsp3) is 0.533. The molecule has 0 aliphatic carbocycles. The van der Waals surface area contributed by atoms with Gasteiger partial charge in [0, 0.05) is 30.3 Å². The van der Waals surface area contributed by atoms with Gasteiger partial charge in [-0.05, 0) is 25.3 Å². The molecule has 0 N–H and O–H groups in total. The van der Waals surface area contributed by atoms with Crippen molar-refractivity contribution in [3.8, 4) is 11.4 Å². The van der Waals surface area contributed by atoms with Crippen molar-refractivity contribution in [3.05, 3.63) is 22.7 Å². The van der Waals surface area contributed by atoms with Crippen LogP contribution in [-0.4, -0.2) is 46.2 Å². The molecule has 1 fully saturated rings. The lowest BCUT2D eigenvalue weighted by atomic mass is 10.1. The SMILES string of the molecule is C[C@H]1CN(C(=O)CCc2nc(-c3ccsc3)no2)[C@@H](C)CO1. The Labute approximate surface area is 133 Å². The van der Waals surface area contributed by atoms with Crippen molar-refractivity contribution in [2.45, 2.75) is 38.8 Å². The number of hydrogen-bond donors (Lipinski definition) is 0. The highest BCUT2D eigenvalue weighted by Gasteiger charge is 2.27. The molecule has 2 aromatic heterocycles. The van der Waals surface area contributed by atoms with Crippen molar-refractivity contribution < 1.29 is 14.1 Å². The minimum Gasteiger partial charge on any atom is -0.375 e. The number of hydrogen-bond acceptors (Lipinski definition) is 6. The molecule has 0 unspecified atom stereocenters. The maximum atomic E-state index is 12.3. The molecule has 0 bridgehead atoms. The number of aryl methyl sites for hydroxylation is 1. The zero-order valence-corrected chi connectivity index (χ0v) is 13.5. The van der Waals surface area contributed by atoms with Crippen LogP contribution < -0.4 is 0 Å². The molecule has 0 saturated carbocycles. The molecule has 0 radical (unpaired) electrons. The van der Waals surface area contributed by atoms with Crippen molar-refractivity contribution in [2.75, 3.05) is 13.2 Å². The third-order valence-electron chi connectivity index (χ3n) is 3.73. The van der Waals surface area contributed by atoms with Gasteiger partial charge in [-0.25, -0.2) is 0 Å². The van der Waals surface area contributed by atoms with Gasteiger partial charge in [-0.15, -0.1) is 0 Å². The van der Waals surface area contributed by atoms with Crippen LogP contribution in [0.1, 0.15) is 26.2 Å². The average molecular weight is 321 g/mol. The number of rotatable bonds is 4. The number of morpholine rings is 1. The van der Waals surface area contributed by atoms with Crippen LogP contribution in [0.15, 0.2) is 21.3 Å². The van der Waals surface area contributed by atoms with Crippen LogP contribution in [0.3, 0.4) is 0 Å². The second kappa shape index (κ2) is 6.58. The Morgan fingerprint density at radius 1 is 1.50 bits per heavy atom. The molecule has 2 aromatic rings. The lowest BCUT2D eigenvalue weighted by molar-refractivity contribution is -0.143. The second-order valence-electron chi connectivity index (χ2n) is 5.56. The Balaban J connectivity index is 1.57. The minimum atomic E-state index is 0.0914. The van der Waals surface area contributed by atoms with Crippen LogP contribution in [0.4, 0.5) is 0 Å². The monoisotopic (exact) mass is 321 g/mol. The first-order valence-electron chi connectivity index (χ1n) is 7.39. The Bertz CT molecular complexity index is 626. The molecule has 3 heterocycles. The van der Waals surface area contributed by atoms with E-state index in [4.69, 9.17) is 9.26 Å². The van der Waals surface area contributed by atoms with Gasteiger partial charge in [-0.1, -0.05) is 5.16 Å². The van der Waals surface area contributed by atoms with E-state index in [2.05, 4.69) is 10.1 Å². The fourth-order valence-electron chi connectivity index (χ4n) is 2.47. The first kappa shape index (κ1) is 15.2. The smallest absolute Gasteiger partial charge is 0.227 e. The summed E-state index contributed by atoms with van der Waals surface area (Å²) in [6, 6.07) is 2.06. The van der Waals surface area contributed by atoms with E-state index < -0.39 is 0 Å². The number of thiophene rings is 1. The van der Waals surface area contributed by atoms with Gasteiger partial charge < -0.3 is 14.2 Å². The molecule has 2 atom stereocenters. The molecule has 1 aliphatic rings. The maximum Gasteiger partial charge on any atom is 0.227 e. The van der Waals surface area contributed by atoms with Gasteiger partial charge in [-0.2, -0.15) is 16.3 Å². The van der Waals surface area contributed by atoms with Gasteiger partial charge in [0.1, 0.15) is 0 Å². The second-order valence-corrected chi connectivity index (χ2v) is 6.34. The molecular formula is C15H19N3O3S. The molecule has 22 heavy (non-hydrogen) atoms. The van der Waals surface area contributed by atoms with E-state index in [1.807, 2.05) is 35.6 Å². The number of amides is 1. The summed E-state index contributed by atoms with van der Waals surface area (Å²) in [6.07, 6.45) is 0.935. The van der Waals surface area contributed by atoms with E-state index >= 15 is 0 Å². The summed E-state index contributed by atoms with van der Waals surface area (Å²) in [5.41, 5.74) is 0.946.